The highest BCUT2D eigenvalue weighted by Crippen LogP contribution is 2.15. The van der Waals surface area contributed by atoms with Gasteiger partial charge in [0.05, 0.1) is 0 Å². The van der Waals surface area contributed by atoms with Gasteiger partial charge in [-0.3, -0.25) is 0 Å². The van der Waals surface area contributed by atoms with E-state index in [0.29, 0.717) is 5.15 Å². The number of hydrogen-bond acceptors (Lipinski definition) is 2. The van der Waals surface area contributed by atoms with Crippen molar-refractivity contribution in [2.75, 3.05) is 0 Å². The molecule has 0 unspecified atom stereocenters. The zero-order chi connectivity index (χ0) is 12.4. The minimum absolute atomic E-state index is 0.500. The molecule has 0 radical (unpaired) electrons. The largest absolute Gasteiger partial charge is 0.361 e. The molecule has 0 fully saturated rings. The highest BCUT2D eigenvalue weighted by atomic mass is 35.5. The zero-order valence-electron chi connectivity index (χ0n) is 9.73. The first-order valence-corrected chi connectivity index (χ1v) is 6.22. The van der Waals surface area contributed by atoms with Crippen LogP contribution >= 0.6 is 11.6 Å². The number of rotatable bonds is 3. The minimum Gasteiger partial charge on any atom is -0.361 e. The van der Waals surface area contributed by atoms with Crippen LogP contribution in [0, 0.1) is 0 Å². The van der Waals surface area contributed by atoms with Crippen molar-refractivity contribution >= 4 is 22.5 Å². The van der Waals surface area contributed by atoms with Gasteiger partial charge >= 0.3 is 0 Å². The molecule has 3 nitrogen and oxygen atoms in total. The molecule has 0 saturated carbocycles. The van der Waals surface area contributed by atoms with Crippen LogP contribution in [-0.4, -0.2) is 15.0 Å². The molecule has 1 N–H and O–H groups in total. The first-order valence-electron chi connectivity index (χ1n) is 5.85. The van der Waals surface area contributed by atoms with Crippen LogP contribution in [-0.2, 0) is 12.8 Å². The summed E-state index contributed by atoms with van der Waals surface area (Å²) in [4.78, 5) is 11.6. The second-order valence-electron chi connectivity index (χ2n) is 4.19. The summed E-state index contributed by atoms with van der Waals surface area (Å²) >= 11 is 5.83. The molecule has 0 spiro atoms. The Morgan fingerprint density at radius 3 is 2.94 bits per heavy atom. The number of aromatic amines is 1. The standard InChI is InChI=1S/C14H12ClN3/c15-13-6-8-17-14(18-13)4-2-10-1-3-11-5-7-16-12(11)9-10/h1,3,5-9,16H,2,4H2. The smallest absolute Gasteiger partial charge is 0.132 e. The SMILES string of the molecule is Clc1ccnc(CCc2ccc3cc[nH]c3c2)n1. The first-order chi connectivity index (χ1) is 8.81. The van der Waals surface area contributed by atoms with Crippen LogP contribution in [0.5, 0.6) is 0 Å². The van der Waals surface area contributed by atoms with Gasteiger partial charge in [0.2, 0.25) is 0 Å². The maximum Gasteiger partial charge on any atom is 0.132 e. The van der Waals surface area contributed by atoms with Gasteiger partial charge in [0.15, 0.2) is 0 Å². The normalized spacial score (nSPS) is 10.9. The first kappa shape index (κ1) is 11.2. The van der Waals surface area contributed by atoms with Crippen molar-refractivity contribution in [2.24, 2.45) is 0 Å². The Balaban J connectivity index is 1.76. The van der Waals surface area contributed by atoms with E-state index < -0.39 is 0 Å². The Labute approximate surface area is 110 Å². The summed E-state index contributed by atoms with van der Waals surface area (Å²) in [5.41, 5.74) is 2.44. The zero-order valence-corrected chi connectivity index (χ0v) is 10.5. The van der Waals surface area contributed by atoms with Crippen LogP contribution in [0.2, 0.25) is 5.15 Å². The summed E-state index contributed by atoms with van der Waals surface area (Å²) < 4.78 is 0. The molecule has 3 rings (SSSR count). The molecule has 2 heterocycles. The fraction of sp³-hybridized carbons (Fsp3) is 0.143. The molecular weight excluding hydrogens is 246 g/mol. The molecule has 0 saturated heterocycles. The van der Waals surface area contributed by atoms with Gasteiger partial charge in [-0.25, -0.2) is 9.97 Å². The lowest BCUT2D eigenvalue weighted by molar-refractivity contribution is 0.859. The van der Waals surface area contributed by atoms with Crippen molar-refractivity contribution in [1.82, 2.24) is 15.0 Å². The number of aromatic nitrogens is 3. The lowest BCUT2D eigenvalue weighted by Gasteiger charge is -2.01. The quantitative estimate of drug-likeness (QED) is 0.731. The van der Waals surface area contributed by atoms with Gasteiger partial charge in [0, 0.05) is 24.3 Å². The number of nitrogens with zero attached hydrogens (tertiary/aromatic N) is 2. The van der Waals surface area contributed by atoms with Crippen molar-refractivity contribution < 1.29 is 0 Å². The van der Waals surface area contributed by atoms with E-state index >= 15 is 0 Å². The van der Waals surface area contributed by atoms with Crippen molar-refractivity contribution in [1.29, 1.82) is 0 Å². The Morgan fingerprint density at radius 1 is 1.11 bits per heavy atom. The number of aryl methyl sites for hydroxylation is 2. The summed E-state index contributed by atoms with van der Waals surface area (Å²) in [6.45, 7) is 0. The predicted octanol–water partition coefficient (Wildman–Crippen LogP) is 3.40. The molecule has 0 aliphatic heterocycles. The molecule has 0 atom stereocenters. The van der Waals surface area contributed by atoms with Crippen molar-refractivity contribution in [2.45, 2.75) is 12.8 Å². The number of nitrogens with one attached hydrogen (secondary N) is 1. The van der Waals surface area contributed by atoms with E-state index in [0.717, 1.165) is 18.7 Å². The van der Waals surface area contributed by atoms with Crippen LogP contribution in [0.4, 0.5) is 0 Å². The molecule has 0 bridgehead atoms. The van der Waals surface area contributed by atoms with Gasteiger partial charge in [-0.15, -0.1) is 0 Å². The average molecular weight is 258 g/mol. The summed E-state index contributed by atoms with van der Waals surface area (Å²) in [5, 5.41) is 1.73. The third kappa shape index (κ3) is 2.36. The van der Waals surface area contributed by atoms with E-state index in [1.54, 1.807) is 12.3 Å². The van der Waals surface area contributed by atoms with Crippen molar-refractivity contribution in [3.05, 3.63) is 59.3 Å². The molecule has 18 heavy (non-hydrogen) atoms. The monoisotopic (exact) mass is 257 g/mol. The topological polar surface area (TPSA) is 41.6 Å². The third-order valence-corrected chi connectivity index (χ3v) is 3.14. The summed E-state index contributed by atoms with van der Waals surface area (Å²) in [6.07, 6.45) is 5.36. The number of fused-ring (bicyclic) bond motifs is 1. The molecule has 90 valence electrons. The van der Waals surface area contributed by atoms with Gasteiger partial charge in [-0.1, -0.05) is 23.7 Å². The summed E-state index contributed by atoms with van der Waals surface area (Å²) in [5.74, 6) is 0.786. The molecule has 1 aromatic carbocycles. The van der Waals surface area contributed by atoms with Gasteiger partial charge < -0.3 is 4.98 Å². The molecule has 0 aliphatic rings. The Bertz CT molecular complexity index is 675. The highest BCUT2D eigenvalue weighted by Gasteiger charge is 2.01. The van der Waals surface area contributed by atoms with Gasteiger partial charge in [-0.2, -0.15) is 0 Å². The van der Waals surface area contributed by atoms with Crippen LogP contribution in [0.3, 0.4) is 0 Å². The number of hydrogen-bond donors (Lipinski definition) is 1. The van der Waals surface area contributed by atoms with E-state index in [1.807, 2.05) is 6.20 Å². The van der Waals surface area contributed by atoms with Crippen molar-refractivity contribution in [3.63, 3.8) is 0 Å². The Kier molecular flexibility index (Phi) is 2.99. The van der Waals surface area contributed by atoms with Crippen LogP contribution < -0.4 is 0 Å². The Morgan fingerprint density at radius 2 is 2.06 bits per heavy atom. The van der Waals surface area contributed by atoms with E-state index in [4.69, 9.17) is 11.6 Å². The maximum absolute atomic E-state index is 5.83. The lowest BCUT2D eigenvalue weighted by Crippen LogP contribution is -1.97. The number of halogens is 1. The third-order valence-electron chi connectivity index (χ3n) is 2.93. The van der Waals surface area contributed by atoms with E-state index in [2.05, 4.69) is 39.2 Å². The van der Waals surface area contributed by atoms with Gasteiger partial charge in [-0.05, 0) is 35.6 Å². The minimum atomic E-state index is 0.500. The second kappa shape index (κ2) is 4.78. The lowest BCUT2D eigenvalue weighted by atomic mass is 10.1. The molecule has 4 heteroatoms. The van der Waals surface area contributed by atoms with E-state index in [1.165, 1.54) is 16.5 Å². The van der Waals surface area contributed by atoms with E-state index in [9.17, 15) is 0 Å². The molecule has 0 aliphatic carbocycles. The highest BCUT2D eigenvalue weighted by molar-refractivity contribution is 6.29. The summed E-state index contributed by atoms with van der Waals surface area (Å²) in [7, 11) is 0. The van der Waals surface area contributed by atoms with Crippen LogP contribution in [0.1, 0.15) is 11.4 Å². The van der Waals surface area contributed by atoms with Crippen LogP contribution in [0.15, 0.2) is 42.7 Å². The maximum atomic E-state index is 5.83. The molecule has 2 aromatic heterocycles. The second-order valence-corrected chi connectivity index (χ2v) is 4.58. The predicted molar refractivity (Wildman–Crippen MR) is 72.7 cm³/mol. The Hall–Kier alpha value is -1.87. The fourth-order valence-electron chi connectivity index (χ4n) is 2.00. The average Bonchev–Trinajstić information content (AvgIpc) is 2.84. The van der Waals surface area contributed by atoms with Gasteiger partial charge in [0.25, 0.3) is 0 Å². The summed E-state index contributed by atoms with van der Waals surface area (Å²) in [6, 6.07) is 10.2. The van der Waals surface area contributed by atoms with Crippen LogP contribution in [0.25, 0.3) is 10.9 Å². The number of benzene rings is 1. The van der Waals surface area contributed by atoms with Gasteiger partial charge in [0.1, 0.15) is 11.0 Å². The fourth-order valence-corrected chi connectivity index (χ4v) is 2.16. The molecular formula is C14H12ClN3. The molecule has 3 aromatic rings. The van der Waals surface area contributed by atoms with Crippen molar-refractivity contribution in [3.8, 4) is 0 Å². The number of H-pyrrole nitrogens is 1. The van der Waals surface area contributed by atoms with E-state index in [-0.39, 0.29) is 0 Å². The molecule has 0 amide bonds.